The van der Waals surface area contributed by atoms with E-state index in [1.54, 1.807) is 19.1 Å². The summed E-state index contributed by atoms with van der Waals surface area (Å²) in [4.78, 5) is 25.7. The summed E-state index contributed by atoms with van der Waals surface area (Å²) in [5.74, 6) is 0.581. The van der Waals surface area contributed by atoms with Crippen LogP contribution in [0.15, 0.2) is 50.9 Å². The Labute approximate surface area is 175 Å². The van der Waals surface area contributed by atoms with Crippen LogP contribution in [0.2, 0.25) is 0 Å². The van der Waals surface area contributed by atoms with E-state index in [0.717, 1.165) is 15.4 Å². The molecule has 9 heteroatoms. The third-order valence-electron chi connectivity index (χ3n) is 5.06. The van der Waals surface area contributed by atoms with Crippen LogP contribution in [-0.4, -0.2) is 43.1 Å². The van der Waals surface area contributed by atoms with E-state index >= 15 is 0 Å². The maximum atomic E-state index is 13.0. The Hall–Kier alpha value is -2.91. The lowest BCUT2D eigenvalue weighted by Gasteiger charge is -2.18. The number of rotatable bonds is 6. The fourth-order valence-electron chi connectivity index (χ4n) is 3.44. The smallest absolute Gasteiger partial charge is 0.317 e. The molecule has 0 N–H and O–H groups in total. The molecule has 3 rings (SSSR count). The van der Waals surface area contributed by atoms with Crippen LogP contribution in [-0.2, 0) is 23.1 Å². The van der Waals surface area contributed by atoms with E-state index in [2.05, 4.69) is 0 Å². The van der Waals surface area contributed by atoms with Gasteiger partial charge in [0.2, 0.25) is 10.0 Å². The second-order valence-corrected chi connectivity index (χ2v) is 9.35. The highest BCUT2D eigenvalue weighted by atomic mass is 32.2. The van der Waals surface area contributed by atoms with Crippen molar-refractivity contribution in [1.82, 2.24) is 13.4 Å². The van der Waals surface area contributed by atoms with E-state index in [9.17, 15) is 18.0 Å². The van der Waals surface area contributed by atoms with Crippen LogP contribution in [0.4, 0.5) is 0 Å². The Balaban J connectivity index is 2.38. The minimum atomic E-state index is -3.71. The van der Waals surface area contributed by atoms with Gasteiger partial charge in [0.15, 0.2) is 0 Å². The van der Waals surface area contributed by atoms with E-state index < -0.39 is 21.1 Å². The second kappa shape index (κ2) is 8.08. The molecule has 1 heterocycles. The average molecular weight is 432 g/mol. The first-order valence-corrected chi connectivity index (χ1v) is 10.9. The SMILES string of the molecule is CCn1c(=O)c(=O)n(Cc2cc(C)ccc2OC)c2cc(S(=O)(=O)N(C)C)ccc21. The van der Waals surface area contributed by atoms with Gasteiger partial charge in [-0.2, -0.15) is 0 Å². The van der Waals surface area contributed by atoms with Crippen LogP contribution in [0.3, 0.4) is 0 Å². The third-order valence-corrected chi connectivity index (χ3v) is 6.87. The maximum absolute atomic E-state index is 13.0. The van der Waals surface area contributed by atoms with Crippen molar-refractivity contribution in [2.24, 2.45) is 0 Å². The molecule has 0 fully saturated rings. The zero-order valence-electron chi connectivity index (χ0n) is 17.7. The molecule has 0 bridgehead atoms. The largest absolute Gasteiger partial charge is 0.496 e. The fraction of sp³-hybridized carbons (Fsp3) is 0.333. The van der Waals surface area contributed by atoms with Crippen molar-refractivity contribution < 1.29 is 13.2 Å². The highest BCUT2D eigenvalue weighted by Crippen LogP contribution is 2.24. The van der Waals surface area contributed by atoms with Gasteiger partial charge in [0, 0.05) is 26.2 Å². The average Bonchev–Trinajstić information content (AvgIpc) is 2.71. The maximum Gasteiger partial charge on any atom is 0.317 e. The predicted molar refractivity (Wildman–Crippen MR) is 116 cm³/mol. The van der Waals surface area contributed by atoms with Crippen molar-refractivity contribution in [2.45, 2.75) is 31.8 Å². The normalized spacial score (nSPS) is 11.9. The lowest BCUT2D eigenvalue weighted by atomic mass is 10.1. The molecule has 8 nitrogen and oxygen atoms in total. The number of methoxy groups -OCH3 is 1. The molecule has 0 aliphatic carbocycles. The van der Waals surface area contributed by atoms with Gasteiger partial charge >= 0.3 is 11.1 Å². The fourth-order valence-corrected chi connectivity index (χ4v) is 4.36. The van der Waals surface area contributed by atoms with E-state index in [0.29, 0.717) is 23.3 Å². The molecule has 1 aromatic heterocycles. The summed E-state index contributed by atoms with van der Waals surface area (Å²) in [5.41, 5.74) is 1.18. The van der Waals surface area contributed by atoms with Crippen molar-refractivity contribution in [1.29, 1.82) is 0 Å². The number of nitrogens with zero attached hydrogens (tertiary/aromatic N) is 3. The van der Waals surface area contributed by atoms with Crippen molar-refractivity contribution in [3.63, 3.8) is 0 Å². The molecule has 0 amide bonds. The van der Waals surface area contributed by atoms with Gasteiger partial charge in [-0.15, -0.1) is 0 Å². The minimum absolute atomic E-state index is 0.0469. The molecule has 30 heavy (non-hydrogen) atoms. The number of ether oxygens (including phenoxy) is 1. The van der Waals surface area contributed by atoms with Crippen LogP contribution >= 0.6 is 0 Å². The minimum Gasteiger partial charge on any atom is -0.496 e. The molecule has 0 atom stereocenters. The number of hydrogen-bond acceptors (Lipinski definition) is 5. The van der Waals surface area contributed by atoms with Gasteiger partial charge in [0.1, 0.15) is 5.75 Å². The van der Waals surface area contributed by atoms with Crippen LogP contribution in [0.1, 0.15) is 18.1 Å². The van der Waals surface area contributed by atoms with Gasteiger partial charge in [-0.1, -0.05) is 17.7 Å². The molecule has 0 spiro atoms. The van der Waals surface area contributed by atoms with Gasteiger partial charge in [-0.3, -0.25) is 14.2 Å². The Kier molecular flexibility index (Phi) is 5.87. The van der Waals surface area contributed by atoms with Crippen molar-refractivity contribution in [2.75, 3.05) is 21.2 Å². The zero-order valence-corrected chi connectivity index (χ0v) is 18.5. The topological polar surface area (TPSA) is 90.6 Å². The first-order valence-electron chi connectivity index (χ1n) is 9.45. The molecule has 160 valence electrons. The summed E-state index contributed by atoms with van der Waals surface area (Å²) in [7, 11) is 0.703. The van der Waals surface area contributed by atoms with E-state index in [1.165, 1.54) is 42.5 Å². The number of benzene rings is 2. The Bertz CT molecular complexity index is 1340. The first-order chi connectivity index (χ1) is 14.1. The summed E-state index contributed by atoms with van der Waals surface area (Å²) in [6.07, 6.45) is 0. The zero-order chi connectivity index (χ0) is 22.2. The Morgan fingerprint density at radius 1 is 0.967 bits per heavy atom. The summed E-state index contributed by atoms with van der Waals surface area (Å²) < 4.78 is 34.5. The Morgan fingerprint density at radius 2 is 1.63 bits per heavy atom. The quantitative estimate of drug-likeness (QED) is 0.555. The summed E-state index contributed by atoms with van der Waals surface area (Å²) in [6, 6.07) is 10.0. The summed E-state index contributed by atoms with van der Waals surface area (Å²) in [6.45, 7) is 4.05. The van der Waals surface area contributed by atoms with Crippen molar-refractivity contribution in [3.05, 3.63) is 68.2 Å². The lowest BCUT2D eigenvalue weighted by molar-refractivity contribution is 0.408. The molecule has 0 saturated heterocycles. The Morgan fingerprint density at radius 3 is 2.23 bits per heavy atom. The molecule has 2 aromatic carbocycles. The number of aromatic nitrogens is 2. The highest BCUT2D eigenvalue weighted by Gasteiger charge is 2.21. The molecular weight excluding hydrogens is 406 g/mol. The van der Waals surface area contributed by atoms with E-state index in [-0.39, 0.29) is 11.4 Å². The number of hydrogen-bond donors (Lipinski definition) is 0. The standard InChI is InChI=1S/C21H25N3O5S/c1-6-23-17-9-8-16(30(27,28)22(3)4)12-18(17)24(21(26)20(23)25)13-15-11-14(2)7-10-19(15)29-5/h7-12H,6,13H2,1-5H3. The van der Waals surface area contributed by atoms with Gasteiger partial charge < -0.3 is 9.30 Å². The third kappa shape index (κ3) is 3.66. The van der Waals surface area contributed by atoms with Crippen LogP contribution in [0, 0.1) is 6.92 Å². The van der Waals surface area contributed by atoms with Crippen molar-refractivity contribution >= 4 is 21.1 Å². The molecule has 0 radical (unpaired) electrons. The molecule has 0 aliphatic rings. The highest BCUT2D eigenvalue weighted by molar-refractivity contribution is 7.89. The summed E-state index contributed by atoms with van der Waals surface area (Å²) in [5, 5.41) is 0. The van der Waals surface area contributed by atoms with Gasteiger partial charge in [0.25, 0.3) is 0 Å². The molecule has 0 aliphatic heterocycles. The van der Waals surface area contributed by atoms with Crippen molar-refractivity contribution in [3.8, 4) is 5.75 Å². The molecule has 3 aromatic rings. The van der Waals surface area contributed by atoms with Crippen LogP contribution < -0.4 is 15.9 Å². The number of fused-ring (bicyclic) bond motifs is 1. The molecule has 0 saturated carbocycles. The lowest BCUT2D eigenvalue weighted by Crippen LogP contribution is -2.41. The summed E-state index contributed by atoms with van der Waals surface area (Å²) >= 11 is 0. The van der Waals surface area contributed by atoms with E-state index in [4.69, 9.17) is 4.74 Å². The number of sulfonamides is 1. The molecule has 0 unspecified atom stereocenters. The predicted octanol–water partition coefficient (Wildman–Crippen LogP) is 1.80. The number of aryl methyl sites for hydroxylation is 2. The monoisotopic (exact) mass is 431 g/mol. The van der Waals surface area contributed by atoms with E-state index in [1.807, 2.05) is 19.1 Å². The van der Waals surface area contributed by atoms with Gasteiger partial charge in [-0.05, 0) is 38.1 Å². The van der Waals surface area contributed by atoms with Crippen LogP contribution in [0.25, 0.3) is 11.0 Å². The van der Waals surface area contributed by atoms with Crippen LogP contribution in [0.5, 0.6) is 5.75 Å². The van der Waals surface area contributed by atoms with Gasteiger partial charge in [0.05, 0.1) is 29.6 Å². The van der Waals surface area contributed by atoms with Gasteiger partial charge in [-0.25, -0.2) is 12.7 Å². The first kappa shape index (κ1) is 21.8. The second-order valence-electron chi connectivity index (χ2n) is 7.19. The molecular formula is C21H25N3O5S.